The second-order valence-corrected chi connectivity index (χ2v) is 7.74. The van der Waals surface area contributed by atoms with Crippen molar-refractivity contribution in [2.24, 2.45) is 5.41 Å². The normalized spacial score (nSPS) is 13.9. The first-order valence-corrected chi connectivity index (χ1v) is 8.25. The van der Waals surface area contributed by atoms with Crippen LogP contribution in [-0.4, -0.2) is 41.8 Å². The largest absolute Gasteiger partial charge is 0.516 e. The Morgan fingerprint density at radius 3 is 2.00 bits per heavy atom. The Labute approximate surface area is 136 Å². The number of carbonyl (C=O) groups excluding carboxylic acids is 3. The Morgan fingerprint density at radius 2 is 1.55 bits per heavy atom. The van der Waals surface area contributed by atoms with E-state index in [4.69, 9.17) is 9.47 Å². The molecular formula is C15H26O6S. The smallest absolute Gasteiger partial charge is 0.465 e. The number of ether oxygens (including phenoxy) is 3. The topological polar surface area (TPSA) is 78.9 Å². The Bertz CT molecular complexity index is 401. The summed E-state index contributed by atoms with van der Waals surface area (Å²) in [6, 6.07) is 0. The van der Waals surface area contributed by atoms with E-state index in [0.717, 1.165) is 0 Å². The van der Waals surface area contributed by atoms with Crippen LogP contribution >= 0.6 is 11.8 Å². The molecule has 128 valence electrons. The van der Waals surface area contributed by atoms with Crippen LogP contribution in [0.1, 0.15) is 48.0 Å². The van der Waals surface area contributed by atoms with Crippen molar-refractivity contribution in [2.45, 2.75) is 52.7 Å². The average Bonchev–Trinajstić information content (AvgIpc) is 2.41. The molecule has 0 aliphatic carbocycles. The second kappa shape index (κ2) is 9.02. The molecule has 0 aromatic rings. The summed E-state index contributed by atoms with van der Waals surface area (Å²) in [5.74, 6) is -1.52. The highest BCUT2D eigenvalue weighted by Gasteiger charge is 2.46. The molecule has 0 aromatic carbocycles. The first-order valence-electron chi connectivity index (χ1n) is 7.27. The van der Waals surface area contributed by atoms with Gasteiger partial charge < -0.3 is 14.2 Å². The number of hydrogen-bond donors (Lipinski definition) is 0. The monoisotopic (exact) mass is 334 g/mol. The minimum Gasteiger partial charge on any atom is -0.465 e. The maximum Gasteiger partial charge on any atom is 0.516 e. The number of rotatable bonds is 7. The summed E-state index contributed by atoms with van der Waals surface area (Å²) in [7, 11) is 0. The van der Waals surface area contributed by atoms with E-state index in [1.54, 1.807) is 6.92 Å². The molecule has 7 heteroatoms. The Morgan fingerprint density at radius 1 is 0.955 bits per heavy atom. The standard InChI is InChI=1S/C15H26O6S/c1-7-9-20-13(18)21-12(17)15(6,11(16)19-8-2)10-22-14(3,4)5/h7-10H2,1-6H3/t15-/m1/s1. The molecule has 0 heterocycles. The summed E-state index contributed by atoms with van der Waals surface area (Å²) in [5.41, 5.74) is -1.56. The molecule has 0 bridgehead atoms. The maximum atomic E-state index is 12.2. The van der Waals surface area contributed by atoms with E-state index in [-0.39, 0.29) is 23.7 Å². The van der Waals surface area contributed by atoms with Crippen LogP contribution in [-0.2, 0) is 23.8 Å². The van der Waals surface area contributed by atoms with Crippen LogP contribution in [0.5, 0.6) is 0 Å². The van der Waals surface area contributed by atoms with Gasteiger partial charge in [-0.2, -0.15) is 11.8 Å². The molecular weight excluding hydrogens is 308 g/mol. The third-order valence-corrected chi connectivity index (χ3v) is 4.16. The van der Waals surface area contributed by atoms with E-state index >= 15 is 0 Å². The lowest BCUT2D eigenvalue weighted by atomic mass is 9.93. The van der Waals surface area contributed by atoms with Gasteiger partial charge in [0.05, 0.1) is 13.2 Å². The molecule has 0 N–H and O–H groups in total. The van der Waals surface area contributed by atoms with Crippen LogP contribution in [0, 0.1) is 5.41 Å². The zero-order chi connectivity index (χ0) is 17.4. The highest BCUT2D eigenvalue weighted by atomic mass is 32.2. The van der Waals surface area contributed by atoms with E-state index in [2.05, 4.69) is 4.74 Å². The van der Waals surface area contributed by atoms with Gasteiger partial charge in [-0.1, -0.05) is 27.7 Å². The van der Waals surface area contributed by atoms with Gasteiger partial charge in [0.1, 0.15) is 0 Å². The molecule has 0 spiro atoms. The minimum absolute atomic E-state index is 0.141. The van der Waals surface area contributed by atoms with Gasteiger partial charge in [-0.3, -0.25) is 9.59 Å². The van der Waals surface area contributed by atoms with Crippen molar-refractivity contribution in [3.63, 3.8) is 0 Å². The Balaban J connectivity index is 5.01. The third-order valence-electron chi connectivity index (χ3n) is 2.57. The summed E-state index contributed by atoms with van der Waals surface area (Å²) >= 11 is 1.41. The van der Waals surface area contributed by atoms with Crippen molar-refractivity contribution >= 4 is 29.9 Å². The first kappa shape index (κ1) is 20.8. The molecule has 22 heavy (non-hydrogen) atoms. The summed E-state index contributed by atoms with van der Waals surface area (Å²) in [4.78, 5) is 35.8. The molecule has 0 amide bonds. The fourth-order valence-electron chi connectivity index (χ4n) is 1.26. The van der Waals surface area contributed by atoms with E-state index in [9.17, 15) is 14.4 Å². The number of esters is 2. The molecule has 0 rings (SSSR count). The fraction of sp³-hybridized carbons (Fsp3) is 0.800. The van der Waals surface area contributed by atoms with Crippen molar-refractivity contribution in [1.82, 2.24) is 0 Å². The van der Waals surface area contributed by atoms with Crippen LogP contribution in [0.3, 0.4) is 0 Å². The lowest BCUT2D eigenvalue weighted by Gasteiger charge is -2.27. The van der Waals surface area contributed by atoms with Crippen molar-refractivity contribution in [3.05, 3.63) is 0 Å². The molecule has 1 atom stereocenters. The average molecular weight is 334 g/mol. The van der Waals surface area contributed by atoms with Gasteiger partial charge in [-0.15, -0.1) is 0 Å². The molecule has 0 aliphatic rings. The lowest BCUT2D eigenvalue weighted by molar-refractivity contribution is -0.166. The molecule has 0 saturated carbocycles. The molecule has 0 radical (unpaired) electrons. The molecule has 0 aromatic heterocycles. The van der Waals surface area contributed by atoms with Crippen molar-refractivity contribution < 1.29 is 28.6 Å². The van der Waals surface area contributed by atoms with Gasteiger partial charge in [0.2, 0.25) is 0 Å². The number of carbonyl (C=O) groups is 3. The zero-order valence-corrected chi connectivity index (χ0v) is 15.0. The summed E-state index contributed by atoms with van der Waals surface area (Å²) in [6.45, 7) is 11.1. The molecule has 6 nitrogen and oxygen atoms in total. The summed E-state index contributed by atoms with van der Waals surface area (Å²) < 4.78 is 14.1. The summed E-state index contributed by atoms with van der Waals surface area (Å²) in [5, 5.41) is 0. The highest BCUT2D eigenvalue weighted by molar-refractivity contribution is 8.00. The summed E-state index contributed by atoms with van der Waals surface area (Å²) in [6.07, 6.45) is -0.485. The van der Waals surface area contributed by atoms with Crippen LogP contribution < -0.4 is 0 Å². The van der Waals surface area contributed by atoms with Crippen molar-refractivity contribution in [1.29, 1.82) is 0 Å². The van der Waals surface area contributed by atoms with Crippen LogP contribution in [0.4, 0.5) is 4.79 Å². The van der Waals surface area contributed by atoms with Crippen LogP contribution in [0.15, 0.2) is 0 Å². The van der Waals surface area contributed by atoms with Gasteiger partial charge in [-0.05, 0) is 20.3 Å². The second-order valence-electron chi connectivity index (χ2n) is 5.94. The zero-order valence-electron chi connectivity index (χ0n) is 14.2. The quantitative estimate of drug-likeness (QED) is 0.522. The van der Waals surface area contributed by atoms with E-state index < -0.39 is 23.5 Å². The van der Waals surface area contributed by atoms with Gasteiger partial charge in [-0.25, -0.2) is 4.79 Å². The number of thioether (sulfide) groups is 1. The van der Waals surface area contributed by atoms with Gasteiger partial charge in [0, 0.05) is 10.5 Å². The number of hydrogen-bond acceptors (Lipinski definition) is 7. The Kier molecular flexibility index (Phi) is 8.52. The van der Waals surface area contributed by atoms with E-state index in [1.807, 2.05) is 27.7 Å². The predicted molar refractivity (Wildman–Crippen MR) is 84.7 cm³/mol. The lowest BCUT2D eigenvalue weighted by Crippen LogP contribution is -2.43. The molecule has 0 unspecified atom stereocenters. The van der Waals surface area contributed by atoms with E-state index in [0.29, 0.717) is 6.42 Å². The van der Waals surface area contributed by atoms with Gasteiger partial charge in [0.25, 0.3) is 0 Å². The van der Waals surface area contributed by atoms with Crippen molar-refractivity contribution in [3.8, 4) is 0 Å². The Hall–Kier alpha value is -1.24. The van der Waals surface area contributed by atoms with Gasteiger partial charge >= 0.3 is 18.1 Å². The fourth-order valence-corrected chi connectivity index (χ4v) is 2.21. The molecule has 0 fully saturated rings. The van der Waals surface area contributed by atoms with Gasteiger partial charge in [0.15, 0.2) is 5.41 Å². The first-order chi connectivity index (χ1) is 10.1. The van der Waals surface area contributed by atoms with Crippen molar-refractivity contribution in [2.75, 3.05) is 19.0 Å². The third kappa shape index (κ3) is 7.15. The maximum absolute atomic E-state index is 12.2. The molecule has 0 aliphatic heterocycles. The highest BCUT2D eigenvalue weighted by Crippen LogP contribution is 2.33. The SMILES string of the molecule is CCCOC(=O)OC(=O)[C@](C)(CSC(C)(C)C)C(=O)OCC. The minimum atomic E-state index is -1.56. The van der Waals surface area contributed by atoms with Crippen LogP contribution in [0.2, 0.25) is 0 Å². The molecule has 0 saturated heterocycles. The van der Waals surface area contributed by atoms with Crippen LogP contribution in [0.25, 0.3) is 0 Å². The van der Waals surface area contributed by atoms with E-state index in [1.165, 1.54) is 18.7 Å². The predicted octanol–water partition coefficient (Wildman–Crippen LogP) is 3.18.